The van der Waals surface area contributed by atoms with Crippen LogP contribution in [0.25, 0.3) is 75.8 Å². The minimum atomic E-state index is 0.0301. The standard InChI is InChI=1S/C46H35N/c1-45(2)23-22-41-40-24-28(18-21-42(40)47(46(41,45)3)29-12-5-4-6-13-29)30-19-20-35-39-26-37-33-15-8-11-27-10-7-14-32(43(27)33)36(37)25-38(39)34-17-9-16-31(30)44(34)35/h4-21,24-26,41H,22-23H2,1-3H3. The Labute approximate surface area is 274 Å². The van der Waals surface area contributed by atoms with Crippen LogP contribution in [0.3, 0.4) is 0 Å². The fourth-order valence-corrected chi connectivity index (χ4v) is 10.3. The Morgan fingerprint density at radius 2 is 1.15 bits per heavy atom. The van der Waals surface area contributed by atoms with E-state index >= 15 is 0 Å². The molecular weight excluding hydrogens is 567 g/mol. The molecule has 11 rings (SSSR count). The molecule has 0 saturated heterocycles. The van der Waals surface area contributed by atoms with Gasteiger partial charge in [-0.1, -0.05) is 105 Å². The van der Waals surface area contributed by atoms with Gasteiger partial charge in [0.1, 0.15) is 0 Å². The number of fused-ring (bicyclic) bond motifs is 9. The summed E-state index contributed by atoms with van der Waals surface area (Å²) in [6.45, 7) is 7.47. The first-order chi connectivity index (χ1) is 22.9. The molecule has 1 aliphatic heterocycles. The van der Waals surface area contributed by atoms with E-state index < -0.39 is 0 Å². The zero-order valence-corrected chi connectivity index (χ0v) is 27.1. The van der Waals surface area contributed by atoms with Crippen LogP contribution in [0, 0.1) is 5.41 Å². The molecule has 0 radical (unpaired) electrons. The SMILES string of the molecule is CC1(C)CCC2c3cc(-c4ccc5c6cc7c(cc6c6cccc4c65)c4cccc5cccc7c54)ccc3N(c3ccccc3)C21C. The Balaban J connectivity index is 1.14. The van der Waals surface area contributed by atoms with Crippen molar-refractivity contribution in [1.29, 1.82) is 0 Å². The van der Waals surface area contributed by atoms with E-state index in [1.54, 1.807) is 0 Å². The van der Waals surface area contributed by atoms with Gasteiger partial charge in [-0.15, -0.1) is 0 Å². The lowest BCUT2D eigenvalue weighted by molar-refractivity contribution is 0.222. The molecule has 1 heterocycles. The lowest BCUT2D eigenvalue weighted by atomic mass is 9.72. The number of hydrogen-bond acceptors (Lipinski definition) is 1. The van der Waals surface area contributed by atoms with Crippen molar-refractivity contribution >= 4 is 76.0 Å². The summed E-state index contributed by atoms with van der Waals surface area (Å²) in [4.78, 5) is 2.67. The smallest absolute Gasteiger partial charge is 0.0543 e. The van der Waals surface area contributed by atoms with Crippen molar-refractivity contribution in [1.82, 2.24) is 0 Å². The van der Waals surface area contributed by atoms with E-state index in [4.69, 9.17) is 0 Å². The van der Waals surface area contributed by atoms with Crippen LogP contribution in [0.15, 0.2) is 127 Å². The van der Waals surface area contributed by atoms with Gasteiger partial charge in [0.15, 0.2) is 0 Å². The van der Waals surface area contributed by atoms with Crippen molar-refractivity contribution in [2.75, 3.05) is 4.90 Å². The van der Waals surface area contributed by atoms with E-state index in [0.29, 0.717) is 5.92 Å². The van der Waals surface area contributed by atoms with Crippen LogP contribution in [0.1, 0.15) is 45.1 Å². The molecule has 0 aromatic heterocycles. The summed E-state index contributed by atoms with van der Waals surface area (Å²) in [6, 6.07) is 48.6. The molecule has 2 unspecified atom stereocenters. The molecule has 1 fully saturated rings. The van der Waals surface area contributed by atoms with Crippen LogP contribution >= 0.6 is 0 Å². The van der Waals surface area contributed by atoms with E-state index in [1.807, 2.05) is 0 Å². The maximum absolute atomic E-state index is 2.67. The topological polar surface area (TPSA) is 3.24 Å². The lowest BCUT2D eigenvalue weighted by Gasteiger charge is -2.47. The van der Waals surface area contributed by atoms with Gasteiger partial charge < -0.3 is 4.90 Å². The van der Waals surface area contributed by atoms with E-state index in [-0.39, 0.29) is 11.0 Å². The maximum Gasteiger partial charge on any atom is 0.0543 e. The number of rotatable bonds is 2. The molecule has 1 aliphatic carbocycles. The molecule has 9 aromatic rings. The highest BCUT2D eigenvalue weighted by Crippen LogP contribution is 2.65. The molecule has 0 amide bonds. The van der Waals surface area contributed by atoms with Gasteiger partial charge in [-0.3, -0.25) is 0 Å². The molecule has 1 nitrogen and oxygen atoms in total. The van der Waals surface area contributed by atoms with Crippen molar-refractivity contribution in [3.63, 3.8) is 0 Å². The van der Waals surface area contributed by atoms with Gasteiger partial charge >= 0.3 is 0 Å². The Bertz CT molecular complexity index is 2650. The number of anilines is 2. The highest BCUT2D eigenvalue weighted by molar-refractivity contribution is 6.38. The fourth-order valence-electron chi connectivity index (χ4n) is 10.3. The van der Waals surface area contributed by atoms with Crippen LogP contribution in [0.4, 0.5) is 11.4 Å². The molecule has 224 valence electrons. The third kappa shape index (κ3) is 3.07. The van der Waals surface area contributed by atoms with E-state index in [0.717, 1.165) is 0 Å². The Morgan fingerprint density at radius 3 is 1.85 bits per heavy atom. The zero-order chi connectivity index (χ0) is 31.2. The number of hydrogen-bond donors (Lipinski definition) is 0. The molecule has 0 spiro atoms. The minimum absolute atomic E-state index is 0.0301. The summed E-state index contributed by atoms with van der Waals surface area (Å²) < 4.78 is 0. The van der Waals surface area contributed by atoms with E-state index in [1.165, 1.54) is 106 Å². The second kappa shape index (κ2) is 8.60. The molecule has 9 aromatic carbocycles. The van der Waals surface area contributed by atoms with Crippen LogP contribution in [0.2, 0.25) is 0 Å². The second-order valence-electron chi connectivity index (χ2n) is 15.1. The van der Waals surface area contributed by atoms with Gasteiger partial charge in [0, 0.05) is 17.3 Å². The first kappa shape index (κ1) is 26.0. The van der Waals surface area contributed by atoms with Crippen molar-refractivity contribution in [3.8, 4) is 11.1 Å². The molecule has 2 aliphatic rings. The third-order valence-corrected chi connectivity index (χ3v) is 12.8. The van der Waals surface area contributed by atoms with E-state index in [9.17, 15) is 0 Å². The molecule has 0 bridgehead atoms. The van der Waals surface area contributed by atoms with Gasteiger partial charge in [0.2, 0.25) is 0 Å². The summed E-state index contributed by atoms with van der Waals surface area (Å²) in [5.41, 5.74) is 7.08. The van der Waals surface area contributed by atoms with Gasteiger partial charge in [-0.25, -0.2) is 0 Å². The number of benzene rings is 7. The third-order valence-electron chi connectivity index (χ3n) is 12.8. The summed E-state index contributed by atoms with van der Waals surface area (Å²) in [6.07, 6.45) is 2.47. The monoisotopic (exact) mass is 601 g/mol. The van der Waals surface area contributed by atoms with Crippen LogP contribution < -0.4 is 4.90 Å². The zero-order valence-electron chi connectivity index (χ0n) is 27.1. The van der Waals surface area contributed by atoms with Crippen LogP contribution in [-0.2, 0) is 0 Å². The van der Waals surface area contributed by atoms with Gasteiger partial charge in [-0.2, -0.15) is 0 Å². The normalized spacial score (nSPS) is 20.5. The van der Waals surface area contributed by atoms with Gasteiger partial charge in [-0.05, 0) is 143 Å². The number of para-hydroxylation sites is 1. The summed E-state index contributed by atoms with van der Waals surface area (Å²) in [5.74, 6) is 0.503. The predicted molar refractivity (Wildman–Crippen MR) is 202 cm³/mol. The maximum atomic E-state index is 2.67. The molecular formula is C46H35N. The first-order valence-electron chi connectivity index (χ1n) is 17.2. The molecule has 1 heteroatoms. The quantitative estimate of drug-likeness (QED) is 0.190. The van der Waals surface area contributed by atoms with E-state index in [2.05, 4.69) is 153 Å². The Hall–Kier alpha value is -5.14. The summed E-state index contributed by atoms with van der Waals surface area (Å²) in [5, 5.41) is 16.4. The van der Waals surface area contributed by atoms with Crippen molar-refractivity contribution in [2.24, 2.45) is 5.41 Å². The largest absolute Gasteiger partial charge is 0.334 e. The lowest BCUT2D eigenvalue weighted by Crippen LogP contribution is -2.50. The summed E-state index contributed by atoms with van der Waals surface area (Å²) >= 11 is 0. The van der Waals surface area contributed by atoms with Crippen LogP contribution in [-0.4, -0.2) is 5.54 Å². The second-order valence-corrected chi connectivity index (χ2v) is 15.1. The van der Waals surface area contributed by atoms with Gasteiger partial charge in [0.05, 0.1) is 5.54 Å². The highest BCUT2D eigenvalue weighted by atomic mass is 15.3. The Kier molecular flexibility index (Phi) is 4.76. The first-order valence-corrected chi connectivity index (χ1v) is 17.2. The molecule has 0 N–H and O–H groups in total. The van der Waals surface area contributed by atoms with Crippen LogP contribution in [0.5, 0.6) is 0 Å². The average molecular weight is 602 g/mol. The average Bonchev–Trinajstić information content (AvgIpc) is 3.75. The van der Waals surface area contributed by atoms with Crippen molar-refractivity contribution < 1.29 is 0 Å². The minimum Gasteiger partial charge on any atom is -0.334 e. The molecule has 2 atom stereocenters. The number of nitrogens with zero attached hydrogens (tertiary/aromatic N) is 1. The van der Waals surface area contributed by atoms with Crippen molar-refractivity contribution in [3.05, 3.63) is 133 Å². The van der Waals surface area contributed by atoms with Crippen molar-refractivity contribution in [2.45, 2.75) is 45.1 Å². The summed E-state index contributed by atoms with van der Waals surface area (Å²) in [7, 11) is 0. The van der Waals surface area contributed by atoms with Gasteiger partial charge in [0.25, 0.3) is 0 Å². The predicted octanol–water partition coefficient (Wildman–Crippen LogP) is 13.0. The highest BCUT2D eigenvalue weighted by Gasteiger charge is 2.60. The fraction of sp³-hybridized carbons (Fsp3) is 0.174. The molecule has 47 heavy (non-hydrogen) atoms. The molecule has 1 saturated carbocycles. The Morgan fingerprint density at radius 1 is 0.532 bits per heavy atom.